The summed E-state index contributed by atoms with van der Waals surface area (Å²) in [6.07, 6.45) is 17.8. The quantitative estimate of drug-likeness (QED) is 0.452. The summed E-state index contributed by atoms with van der Waals surface area (Å²) in [5.74, 6) is 0.708. The highest BCUT2D eigenvalue weighted by atomic mass is 16.1. The number of unbranched alkanes of at least 4 members (excludes halogenated alkanes) is 5. The Morgan fingerprint density at radius 1 is 1.12 bits per heavy atom. The van der Waals surface area contributed by atoms with E-state index in [4.69, 9.17) is 0 Å². The lowest BCUT2D eigenvalue weighted by molar-refractivity contribution is 0.583. The molecular formula is C24H35NO. The predicted octanol–water partition coefficient (Wildman–Crippen LogP) is 4.38. The van der Waals surface area contributed by atoms with Crippen molar-refractivity contribution in [1.82, 2.24) is 4.57 Å². The van der Waals surface area contributed by atoms with Crippen LogP contribution in [0.15, 0.2) is 16.9 Å². The number of nitrogens with zero attached hydrogens (tertiary/aromatic N) is 1. The van der Waals surface area contributed by atoms with E-state index in [9.17, 15) is 4.79 Å². The summed E-state index contributed by atoms with van der Waals surface area (Å²) in [5, 5.41) is 2.10. The molecule has 2 aliphatic carbocycles. The zero-order valence-electron chi connectivity index (χ0n) is 16.8. The van der Waals surface area contributed by atoms with Gasteiger partial charge in [0.15, 0.2) is 5.43 Å². The van der Waals surface area contributed by atoms with Crippen LogP contribution in [0.3, 0.4) is 0 Å². The first-order valence-electron chi connectivity index (χ1n) is 10.7. The topological polar surface area (TPSA) is 22.0 Å². The van der Waals surface area contributed by atoms with Crippen LogP contribution in [-0.4, -0.2) is 4.57 Å². The van der Waals surface area contributed by atoms with Gasteiger partial charge in [0.1, 0.15) is 0 Å². The Bertz CT molecular complexity index is 823. The maximum absolute atomic E-state index is 12.9. The van der Waals surface area contributed by atoms with Gasteiger partial charge in [-0.25, -0.2) is 0 Å². The Hall–Kier alpha value is -1.57. The summed E-state index contributed by atoms with van der Waals surface area (Å²) >= 11 is 0. The van der Waals surface area contributed by atoms with Crippen molar-refractivity contribution in [3.05, 3.63) is 44.2 Å². The molecule has 3 rings (SSSR count). The first-order valence-corrected chi connectivity index (χ1v) is 10.7. The average Bonchev–Trinajstić information content (AvgIpc) is 3.49. The summed E-state index contributed by atoms with van der Waals surface area (Å²) in [4.78, 5) is 12.9. The highest BCUT2D eigenvalue weighted by molar-refractivity contribution is 5.39. The second-order valence-electron chi connectivity index (χ2n) is 8.22. The molecule has 142 valence electrons. The summed E-state index contributed by atoms with van der Waals surface area (Å²) in [7, 11) is 0. The van der Waals surface area contributed by atoms with E-state index < -0.39 is 0 Å². The van der Waals surface area contributed by atoms with E-state index in [2.05, 4.69) is 30.2 Å². The largest absolute Gasteiger partial charge is 0.340 e. The lowest BCUT2D eigenvalue weighted by atomic mass is 10.0. The minimum absolute atomic E-state index is 0.255. The van der Waals surface area contributed by atoms with Gasteiger partial charge in [-0.2, -0.15) is 0 Å². The van der Waals surface area contributed by atoms with Gasteiger partial charge >= 0.3 is 0 Å². The number of fused-ring (bicyclic) bond motifs is 1. The lowest BCUT2D eigenvalue weighted by Gasteiger charge is -2.20. The summed E-state index contributed by atoms with van der Waals surface area (Å²) in [6.45, 7) is 9.55. The van der Waals surface area contributed by atoms with Gasteiger partial charge in [-0.05, 0) is 51.4 Å². The Morgan fingerprint density at radius 2 is 1.81 bits per heavy atom. The molecule has 2 nitrogen and oxygen atoms in total. The number of pyridine rings is 1. The number of allylic oxidation sites excluding steroid dienone is 1. The van der Waals surface area contributed by atoms with E-state index in [0.29, 0.717) is 5.92 Å². The lowest BCUT2D eigenvalue weighted by Crippen LogP contribution is -2.49. The molecule has 0 saturated heterocycles. The predicted molar refractivity (Wildman–Crippen MR) is 112 cm³/mol. The van der Waals surface area contributed by atoms with Crippen molar-refractivity contribution in [3.8, 4) is 0 Å². The summed E-state index contributed by atoms with van der Waals surface area (Å²) in [5.41, 5.74) is 3.83. The van der Waals surface area contributed by atoms with Gasteiger partial charge in [-0.1, -0.05) is 63.3 Å². The molecular weight excluding hydrogens is 318 g/mol. The van der Waals surface area contributed by atoms with Gasteiger partial charge in [0.2, 0.25) is 0 Å². The van der Waals surface area contributed by atoms with Crippen LogP contribution in [0.1, 0.15) is 82.4 Å². The molecule has 1 aromatic heterocycles. The third-order valence-corrected chi connectivity index (χ3v) is 6.05. The molecule has 0 aliphatic heterocycles. The van der Waals surface area contributed by atoms with Gasteiger partial charge in [0.05, 0.1) is 0 Å². The standard InChI is InChI=1S/C24H35NO/c1-4-5-6-7-8-9-13-22-19(3)24(26)21-12-10-11-14-23(21)25(22)17-18(2)20-15-16-20/h12,14,20H,2,4-11,13,15-17H2,1,3H3. The van der Waals surface area contributed by atoms with Gasteiger partial charge < -0.3 is 4.57 Å². The highest BCUT2D eigenvalue weighted by Crippen LogP contribution is 2.36. The molecule has 26 heavy (non-hydrogen) atoms. The minimum Gasteiger partial charge on any atom is -0.340 e. The molecule has 0 spiro atoms. The normalized spacial score (nSPS) is 15.9. The number of aromatic nitrogens is 1. The van der Waals surface area contributed by atoms with Gasteiger partial charge in [0.25, 0.3) is 0 Å². The molecule has 0 radical (unpaired) electrons. The number of rotatable bonds is 10. The van der Waals surface area contributed by atoms with Crippen molar-refractivity contribution in [1.29, 1.82) is 0 Å². The van der Waals surface area contributed by atoms with Crippen LogP contribution in [0.4, 0.5) is 0 Å². The smallest absolute Gasteiger partial charge is 0.192 e. The van der Waals surface area contributed by atoms with E-state index >= 15 is 0 Å². The second-order valence-corrected chi connectivity index (χ2v) is 8.22. The average molecular weight is 354 g/mol. The molecule has 0 N–H and O–H groups in total. The maximum Gasteiger partial charge on any atom is 0.192 e. The van der Waals surface area contributed by atoms with E-state index in [1.54, 1.807) is 0 Å². The molecule has 1 heterocycles. The van der Waals surface area contributed by atoms with E-state index in [-0.39, 0.29) is 5.43 Å². The van der Waals surface area contributed by atoms with Gasteiger partial charge in [-0.3, -0.25) is 4.79 Å². The monoisotopic (exact) mass is 353 g/mol. The SMILES string of the molecule is C=C(Cn1c(CCCCCCCC)c(C)c(=O)c2c1=CCCC=2)C1CC1. The van der Waals surface area contributed by atoms with E-state index in [1.165, 1.54) is 62.6 Å². The molecule has 1 fully saturated rings. The van der Waals surface area contributed by atoms with Crippen molar-refractivity contribution < 1.29 is 0 Å². The zero-order chi connectivity index (χ0) is 18.5. The molecule has 2 heteroatoms. The fourth-order valence-electron chi connectivity index (χ4n) is 4.21. The summed E-state index contributed by atoms with van der Waals surface area (Å²) in [6, 6.07) is 0. The van der Waals surface area contributed by atoms with E-state index in [0.717, 1.165) is 41.9 Å². The minimum atomic E-state index is 0.255. The van der Waals surface area contributed by atoms with Gasteiger partial charge in [0, 0.05) is 28.4 Å². The maximum atomic E-state index is 12.9. The van der Waals surface area contributed by atoms with Crippen LogP contribution in [0.5, 0.6) is 0 Å². The Morgan fingerprint density at radius 3 is 2.54 bits per heavy atom. The van der Waals surface area contributed by atoms with Crippen molar-refractivity contribution in [2.45, 2.75) is 91.0 Å². The third-order valence-electron chi connectivity index (χ3n) is 6.05. The zero-order valence-corrected chi connectivity index (χ0v) is 16.8. The molecule has 1 aromatic rings. The molecule has 0 amide bonds. The van der Waals surface area contributed by atoms with Crippen molar-refractivity contribution >= 4 is 12.2 Å². The van der Waals surface area contributed by atoms with Crippen molar-refractivity contribution in [2.24, 2.45) is 5.92 Å². The molecule has 0 atom stereocenters. The van der Waals surface area contributed by atoms with E-state index in [1.807, 2.05) is 6.92 Å². The number of hydrogen-bond acceptors (Lipinski definition) is 1. The first-order chi connectivity index (χ1) is 12.6. The molecule has 2 aliphatic rings. The van der Waals surface area contributed by atoms with Gasteiger partial charge in [-0.15, -0.1) is 0 Å². The molecule has 0 unspecified atom stereocenters. The highest BCUT2D eigenvalue weighted by Gasteiger charge is 2.25. The molecule has 0 bridgehead atoms. The summed E-state index contributed by atoms with van der Waals surface area (Å²) < 4.78 is 2.44. The fourth-order valence-corrected chi connectivity index (χ4v) is 4.21. The Labute approximate surface area is 158 Å². The van der Waals surface area contributed by atoms with Crippen molar-refractivity contribution in [3.63, 3.8) is 0 Å². The van der Waals surface area contributed by atoms with Crippen LogP contribution in [0.2, 0.25) is 0 Å². The second kappa shape index (κ2) is 8.88. The van der Waals surface area contributed by atoms with Crippen LogP contribution in [0.25, 0.3) is 12.2 Å². The molecule has 0 aromatic carbocycles. The third kappa shape index (κ3) is 4.39. The van der Waals surface area contributed by atoms with Crippen LogP contribution < -0.4 is 16.0 Å². The van der Waals surface area contributed by atoms with Crippen LogP contribution in [-0.2, 0) is 13.0 Å². The fraction of sp³-hybridized carbons (Fsp3) is 0.625. The van der Waals surface area contributed by atoms with Crippen molar-refractivity contribution in [2.75, 3.05) is 0 Å². The van der Waals surface area contributed by atoms with Crippen LogP contribution >= 0.6 is 0 Å². The Kier molecular flexibility index (Phi) is 6.56. The number of hydrogen-bond donors (Lipinski definition) is 0. The Balaban J connectivity index is 1.87. The first kappa shape index (κ1) is 19.2. The van der Waals surface area contributed by atoms with Crippen LogP contribution in [0, 0.1) is 12.8 Å². The molecule has 1 saturated carbocycles.